The van der Waals surface area contributed by atoms with Crippen LogP contribution >= 0.6 is 0 Å². The fourth-order valence-corrected chi connectivity index (χ4v) is 2.09. The van der Waals surface area contributed by atoms with Gasteiger partial charge >= 0.3 is 0 Å². The maximum atomic E-state index is 12.0. The van der Waals surface area contributed by atoms with Gasteiger partial charge in [0, 0.05) is 13.1 Å². The van der Waals surface area contributed by atoms with Gasteiger partial charge in [0.1, 0.15) is 0 Å². The molecule has 0 saturated heterocycles. The average Bonchev–Trinajstić information content (AvgIpc) is 2.29. The van der Waals surface area contributed by atoms with Crippen molar-refractivity contribution in [2.24, 2.45) is 11.8 Å². The molecular formula is C12H26N4O2. The number of hydrogen-bond donors (Lipinski definition) is 2. The van der Waals surface area contributed by atoms with Crippen molar-refractivity contribution in [1.82, 2.24) is 15.2 Å². The molecule has 18 heavy (non-hydrogen) atoms. The number of likely N-dealkylation sites (N-methyl/N-ethyl adjacent to an activating group) is 2. The minimum Gasteiger partial charge on any atom is -0.342 e. The maximum Gasteiger partial charge on any atom is 0.251 e. The molecule has 0 aromatic rings. The van der Waals surface area contributed by atoms with Gasteiger partial charge in [-0.3, -0.25) is 19.9 Å². The van der Waals surface area contributed by atoms with Gasteiger partial charge in [0.15, 0.2) is 0 Å². The lowest BCUT2D eigenvalue weighted by Gasteiger charge is -2.30. The molecule has 0 fully saturated rings. The van der Waals surface area contributed by atoms with E-state index in [-0.39, 0.29) is 24.3 Å². The fraction of sp³-hybridized carbons (Fsp3) is 0.833. The molecule has 6 heteroatoms. The maximum absolute atomic E-state index is 12.0. The first-order chi connectivity index (χ1) is 8.38. The number of hydrogen-bond acceptors (Lipinski definition) is 4. The number of carbonyl (C=O) groups excluding carboxylic acids is 2. The molecule has 0 aliphatic carbocycles. The Kier molecular flexibility index (Phi) is 7.54. The van der Waals surface area contributed by atoms with Crippen LogP contribution in [0.25, 0.3) is 0 Å². The molecule has 0 heterocycles. The number of hydrazine groups is 1. The Labute approximate surface area is 109 Å². The van der Waals surface area contributed by atoms with E-state index in [1.807, 2.05) is 27.7 Å². The standard InChI is InChI=1S/C12H26N4O2/c1-6-16(7-2)10(17)8-15(5)11(9(3)4)12(18)14-13/h9,11H,6-8,13H2,1-5H3,(H,14,18). The Morgan fingerprint density at radius 1 is 1.22 bits per heavy atom. The predicted octanol–water partition coefficient (Wildman–Crippen LogP) is -0.199. The summed E-state index contributed by atoms with van der Waals surface area (Å²) in [5, 5.41) is 0. The van der Waals surface area contributed by atoms with E-state index in [0.29, 0.717) is 13.1 Å². The van der Waals surface area contributed by atoms with E-state index < -0.39 is 6.04 Å². The third-order valence-corrected chi connectivity index (χ3v) is 3.02. The number of amides is 2. The molecule has 0 bridgehead atoms. The van der Waals surface area contributed by atoms with E-state index in [2.05, 4.69) is 5.43 Å². The third kappa shape index (κ3) is 4.62. The van der Waals surface area contributed by atoms with Crippen LogP contribution in [-0.2, 0) is 9.59 Å². The van der Waals surface area contributed by atoms with Crippen LogP contribution in [-0.4, -0.2) is 54.3 Å². The van der Waals surface area contributed by atoms with Crippen LogP contribution in [0.4, 0.5) is 0 Å². The highest BCUT2D eigenvalue weighted by Crippen LogP contribution is 2.09. The van der Waals surface area contributed by atoms with Gasteiger partial charge in [-0.2, -0.15) is 0 Å². The van der Waals surface area contributed by atoms with Crippen molar-refractivity contribution in [1.29, 1.82) is 0 Å². The first-order valence-electron chi connectivity index (χ1n) is 6.37. The molecule has 106 valence electrons. The zero-order valence-corrected chi connectivity index (χ0v) is 12.1. The van der Waals surface area contributed by atoms with Crippen LogP contribution in [0.3, 0.4) is 0 Å². The van der Waals surface area contributed by atoms with E-state index in [1.165, 1.54) is 0 Å². The minimum atomic E-state index is -0.394. The summed E-state index contributed by atoms with van der Waals surface area (Å²) in [7, 11) is 1.77. The molecule has 0 aromatic carbocycles. The number of nitrogens with one attached hydrogen (secondary N) is 1. The van der Waals surface area contributed by atoms with Gasteiger partial charge < -0.3 is 4.90 Å². The summed E-state index contributed by atoms with van der Waals surface area (Å²) in [6, 6.07) is -0.394. The molecule has 0 rings (SSSR count). The third-order valence-electron chi connectivity index (χ3n) is 3.02. The molecule has 0 aliphatic heterocycles. The van der Waals surface area contributed by atoms with Crippen LogP contribution < -0.4 is 11.3 Å². The van der Waals surface area contributed by atoms with Gasteiger partial charge in [-0.1, -0.05) is 13.8 Å². The average molecular weight is 258 g/mol. The highest BCUT2D eigenvalue weighted by molar-refractivity contribution is 5.83. The van der Waals surface area contributed by atoms with Gasteiger partial charge in [-0.05, 0) is 26.8 Å². The summed E-state index contributed by atoms with van der Waals surface area (Å²) in [6.07, 6.45) is 0. The summed E-state index contributed by atoms with van der Waals surface area (Å²) in [6.45, 7) is 9.31. The van der Waals surface area contributed by atoms with Crippen LogP contribution in [0.2, 0.25) is 0 Å². The van der Waals surface area contributed by atoms with Crippen molar-refractivity contribution in [2.75, 3.05) is 26.7 Å². The van der Waals surface area contributed by atoms with Crippen LogP contribution in [0.5, 0.6) is 0 Å². The second-order valence-electron chi connectivity index (χ2n) is 4.68. The number of nitrogens with zero attached hydrogens (tertiary/aromatic N) is 2. The Hall–Kier alpha value is -1.14. The molecule has 1 atom stereocenters. The fourth-order valence-electron chi connectivity index (χ4n) is 2.09. The molecule has 0 saturated carbocycles. The SMILES string of the molecule is CCN(CC)C(=O)CN(C)C(C(=O)NN)C(C)C. The molecule has 0 spiro atoms. The number of carbonyl (C=O) groups is 2. The van der Waals surface area contributed by atoms with Crippen molar-refractivity contribution < 1.29 is 9.59 Å². The summed E-state index contributed by atoms with van der Waals surface area (Å²) in [5.41, 5.74) is 2.15. The number of nitrogens with two attached hydrogens (primary N) is 1. The zero-order chi connectivity index (χ0) is 14.3. The van der Waals surface area contributed by atoms with Crippen LogP contribution in [0, 0.1) is 5.92 Å². The molecule has 3 N–H and O–H groups in total. The van der Waals surface area contributed by atoms with Crippen molar-refractivity contribution in [3.05, 3.63) is 0 Å². The summed E-state index contributed by atoms with van der Waals surface area (Å²) in [4.78, 5) is 27.1. The van der Waals surface area contributed by atoms with Crippen molar-refractivity contribution in [2.45, 2.75) is 33.7 Å². The minimum absolute atomic E-state index is 0.0259. The normalized spacial score (nSPS) is 12.7. The van der Waals surface area contributed by atoms with E-state index in [4.69, 9.17) is 5.84 Å². The highest BCUT2D eigenvalue weighted by atomic mass is 16.2. The van der Waals surface area contributed by atoms with E-state index in [1.54, 1.807) is 16.8 Å². The van der Waals surface area contributed by atoms with Crippen molar-refractivity contribution >= 4 is 11.8 Å². The zero-order valence-electron chi connectivity index (χ0n) is 12.1. The molecular weight excluding hydrogens is 232 g/mol. The Balaban J connectivity index is 4.65. The van der Waals surface area contributed by atoms with Crippen LogP contribution in [0.1, 0.15) is 27.7 Å². The van der Waals surface area contributed by atoms with Crippen LogP contribution in [0.15, 0.2) is 0 Å². The predicted molar refractivity (Wildman–Crippen MR) is 71.5 cm³/mol. The summed E-state index contributed by atoms with van der Waals surface area (Å²) >= 11 is 0. The topological polar surface area (TPSA) is 78.7 Å². The van der Waals surface area contributed by atoms with Crippen molar-refractivity contribution in [3.63, 3.8) is 0 Å². The summed E-state index contributed by atoms with van der Waals surface area (Å²) in [5.74, 6) is 5.02. The Morgan fingerprint density at radius 2 is 1.72 bits per heavy atom. The Bertz CT molecular complexity index is 277. The lowest BCUT2D eigenvalue weighted by Crippen LogP contribution is -2.53. The second-order valence-corrected chi connectivity index (χ2v) is 4.68. The molecule has 2 amide bonds. The lowest BCUT2D eigenvalue weighted by molar-refractivity contribution is -0.134. The highest BCUT2D eigenvalue weighted by Gasteiger charge is 2.27. The van der Waals surface area contributed by atoms with Gasteiger partial charge in [0.05, 0.1) is 12.6 Å². The smallest absolute Gasteiger partial charge is 0.251 e. The largest absolute Gasteiger partial charge is 0.342 e. The molecule has 6 nitrogen and oxygen atoms in total. The second kappa shape index (κ2) is 8.05. The quantitative estimate of drug-likeness (QED) is 0.376. The molecule has 0 aromatic heterocycles. The van der Waals surface area contributed by atoms with Gasteiger partial charge in [0.25, 0.3) is 5.91 Å². The molecule has 0 radical (unpaired) electrons. The van der Waals surface area contributed by atoms with Gasteiger partial charge in [0.2, 0.25) is 5.91 Å². The first kappa shape index (κ1) is 16.9. The van der Waals surface area contributed by atoms with E-state index in [9.17, 15) is 9.59 Å². The van der Waals surface area contributed by atoms with E-state index in [0.717, 1.165) is 0 Å². The molecule has 1 unspecified atom stereocenters. The van der Waals surface area contributed by atoms with E-state index >= 15 is 0 Å². The first-order valence-corrected chi connectivity index (χ1v) is 6.37. The number of rotatable bonds is 7. The van der Waals surface area contributed by atoms with Gasteiger partial charge in [-0.15, -0.1) is 0 Å². The lowest BCUT2D eigenvalue weighted by atomic mass is 10.0. The van der Waals surface area contributed by atoms with Crippen molar-refractivity contribution in [3.8, 4) is 0 Å². The van der Waals surface area contributed by atoms with Gasteiger partial charge in [-0.25, -0.2) is 5.84 Å². The summed E-state index contributed by atoms with van der Waals surface area (Å²) < 4.78 is 0. The molecule has 0 aliphatic rings. The monoisotopic (exact) mass is 258 g/mol. The Morgan fingerprint density at radius 3 is 2.06 bits per heavy atom.